The van der Waals surface area contributed by atoms with Crippen LogP contribution in [0.1, 0.15) is 36.8 Å². The summed E-state index contributed by atoms with van der Waals surface area (Å²) in [6.45, 7) is 3.65. The number of carbonyl (C=O) groups is 1. The molecule has 154 valence electrons. The zero-order valence-corrected chi connectivity index (χ0v) is 17.8. The molecule has 6 heteroatoms. The van der Waals surface area contributed by atoms with Gasteiger partial charge in [-0.25, -0.2) is 8.42 Å². The smallest absolute Gasteiger partial charge is 0.264 e. The Morgan fingerprint density at radius 2 is 1.59 bits per heavy atom. The van der Waals surface area contributed by atoms with Gasteiger partial charge in [0.2, 0.25) is 5.91 Å². The first kappa shape index (κ1) is 20.0. The Hall–Kier alpha value is -2.34. The molecule has 2 aromatic rings. The standard InChI is InChI=1S/C23H28N2O3S/c1-16-3-9-20(10-4-16)25(29(27,28)21-11-5-17(2)6-12-21)15-23(26)24-22-14-18-7-8-19(22)13-18/h3-6,9-12,18-19,22H,7-8,13-15H2,1-2H3,(H,24,26)/t18-,19+,22+/m1/s1. The van der Waals surface area contributed by atoms with Crippen molar-refractivity contribution in [2.45, 2.75) is 50.5 Å². The number of benzene rings is 2. The zero-order chi connectivity index (χ0) is 20.6. The Bertz CT molecular complexity index is 984. The normalized spacial score (nSPS) is 23.2. The minimum absolute atomic E-state index is 0.184. The molecule has 2 aliphatic rings. The molecule has 0 saturated heterocycles. The molecule has 0 aliphatic heterocycles. The second-order valence-corrected chi connectivity index (χ2v) is 10.4. The van der Waals surface area contributed by atoms with Gasteiger partial charge in [0.05, 0.1) is 10.6 Å². The molecule has 3 atom stereocenters. The molecular formula is C23H28N2O3S. The average molecular weight is 413 g/mol. The Labute approximate surface area is 173 Å². The molecule has 0 heterocycles. The number of anilines is 1. The summed E-state index contributed by atoms with van der Waals surface area (Å²) in [4.78, 5) is 13.0. The van der Waals surface area contributed by atoms with E-state index in [1.165, 1.54) is 23.6 Å². The highest BCUT2D eigenvalue weighted by Gasteiger charge is 2.40. The molecule has 2 bridgehead atoms. The van der Waals surface area contributed by atoms with Crippen LogP contribution in [0.3, 0.4) is 0 Å². The number of nitrogens with zero attached hydrogens (tertiary/aromatic N) is 1. The maximum absolute atomic E-state index is 13.4. The van der Waals surface area contributed by atoms with E-state index in [4.69, 9.17) is 0 Å². The summed E-state index contributed by atoms with van der Waals surface area (Å²) in [6, 6.07) is 14.2. The van der Waals surface area contributed by atoms with E-state index in [2.05, 4.69) is 5.32 Å². The van der Waals surface area contributed by atoms with Gasteiger partial charge >= 0.3 is 0 Å². The second-order valence-electron chi connectivity index (χ2n) is 8.51. The highest BCUT2D eigenvalue weighted by molar-refractivity contribution is 7.92. The van der Waals surface area contributed by atoms with E-state index in [0.29, 0.717) is 11.6 Å². The van der Waals surface area contributed by atoms with Crippen molar-refractivity contribution in [1.82, 2.24) is 5.32 Å². The van der Waals surface area contributed by atoms with Gasteiger partial charge in [-0.2, -0.15) is 0 Å². The van der Waals surface area contributed by atoms with Crippen LogP contribution in [0.2, 0.25) is 0 Å². The Morgan fingerprint density at radius 3 is 2.14 bits per heavy atom. The molecule has 1 N–H and O–H groups in total. The fourth-order valence-electron chi connectivity index (χ4n) is 4.67. The van der Waals surface area contributed by atoms with Crippen molar-refractivity contribution in [3.8, 4) is 0 Å². The quantitative estimate of drug-likeness (QED) is 0.785. The summed E-state index contributed by atoms with van der Waals surface area (Å²) in [5, 5.41) is 3.11. The predicted molar refractivity (Wildman–Crippen MR) is 114 cm³/mol. The van der Waals surface area contributed by atoms with E-state index in [0.717, 1.165) is 23.5 Å². The zero-order valence-electron chi connectivity index (χ0n) is 17.0. The van der Waals surface area contributed by atoms with Gasteiger partial charge in [0.15, 0.2) is 0 Å². The predicted octanol–water partition coefficient (Wildman–Crippen LogP) is 3.80. The van der Waals surface area contributed by atoms with E-state index in [9.17, 15) is 13.2 Å². The van der Waals surface area contributed by atoms with Crippen molar-refractivity contribution >= 4 is 21.6 Å². The number of hydrogen-bond donors (Lipinski definition) is 1. The molecule has 5 nitrogen and oxygen atoms in total. The Balaban J connectivity index is 1.59. The van der Waals surface area contributed by atoms with E-state index < -0.39 is 10.0 Å². The van der Waals surface area contributed by atoms with Crippen LogP contribution in [0.15, 0.2) is 53.4 Å². The molecular weight excluding hydrogens is 384 g/mol. The summed E-state index contributed by atoms with van der Waals surface area (Å²) >= 11 is 0. The molecule has 2 fully saturated rings. The van der Waals surface area contributed by atoms with Crippen molar-refractivity contribution in [3.63, 3.8) is 0 Å². The fourth-order valence-corrected chi connectivity index (χ4v) is 6.09. The molecule has 2 aliphatic carbocycles. The average Bonchev–Trinajstić information content (AvgIpc) is 3.30. The number of hydrogen-bond acceptors (Lipinski definition) is 3. The highest BCUT2D eigenvalue weighted by Crippen LogP contribution is 2.44. The van der Waals surface area contributed by atoms with Crippen LogP contribution in [-0.4, -0.2) is 26.9 Å². The summed E-state index contributed by atoms with van der Waals surface area (Å²) in [7, 11) is -3.85. The number of nitrogens with one attached hydrogen (secondary N) is 1. The summed E-state index contributed by atoms with van der Waals surface area (Å²) < 4.78 is 28.0. The van der Waals surface area contributed by atoms with Gasteiger partial charge in [-0.3, -0.25) is 9.10 Å². The summed E-state index contributed by atoms with van der Waals surface area (Å²) in [6.07, 6.45) is 4.63. The lowest BCUT2D eigenvalue weighted by molar-refractivity contribution is -0.120. The van der Waals surface area contributed by atoms with Gasteiger partial charge in [-0.05, 0) is 69.2 Å². The fraction of sp³-hybridized carbons (Fsp3) is 0.435. The molecule has 0 radical (unpaired) electrons. The lowest BCUT2D eigenvalue weighted by Crippen LogP contribution is -2.46. The highest BCUT2D eigenvalue weighted by atomic mass is 32.2. The van der Waals surface area contributed by atoms with Crippen LogP contribution >= 0.6 is 0 Å². The third kappa shape index (κ3) is 4.17. The van der Waals surface area contributed by atoms with Gasteiger partial charge in [0.25, 0.3) is 10.0 Å². The largest absolute Gasteiger partial charge is 0.352 e. The number of sulfonamides is 1. The monoisotopic (exact) mass is 412 g/mol. The van der Waals surface area contributed by atoms with Gasteiger partial charge in [0.1, 0.15) is 6.54 Å². The van der Waals surface area contributed by atoms with Crippen LogP contribution < -0.4 is 9.62 Å². The first-order chi connectivity index (χ1) is 13.8. The van der Waals surface area contributed by atoms with E-state index >= 15 is 0 Å². The second kappa shape index (κ2) is 7.82. The number of carbonyl (C=O) groups excluding carboxylic acids is 1. The molecule has 29 heavy (non-hydrogen) atoms. The first-order valence-corrected chi connectivity index (χ1v) is 11.7. The lowest BCUT2D eigenvalue weighted by Gasteiger charge is -2.27. The van der Waals surface area contributed by atoms with Crippen LogP contribution in [0.25, 0.3) is 0 Å². The van der Waals surface area contributed by atoms with E-state index in [1.54, 1.807) is 36.4 Å². The van der Waals surface area contributed by atoms with Gasteiger partial charge in [-0.1, -0.05) is 41.8 Å². The molecule has 0 unspecified atom stereocenters. The van der Waals surface area contributed by atoms with Crippen molar-refractivity contribution in [1.29, 1.82) is 0 Å². The Kier molecular flexibility index (Phi) is 5.38. The van der Waals surface area contributed by atoms with Crippen molar-refractivity contribution in [3.05, 3.63) is 59.7 Å². The number of rotatable bonds is 6. The van der Waals surface area contributed by atoms with Crippen LogP contribution in [-0.2, 0) is 14.8 Å². The molecule has 0 spiro atoms. The maximum atomic E-state index is 13.4. The number of aryl methyl sites for hydroxylation is 2. The molecule has 4 rings (SSSR count). The van der Waals surface area contributed by atoms with Crippen LogP contribution in [0.5, 0.6) is 0 Å². The summed E-state index contributed by atoms with van der Waals surface area (Å²) in [5.41, 5.74) is 2.52. The third-order valence-electron chi connectivity index (χ3n) is 6.30. The van der Waals surface area contributed by atoms with Gasteiger partial charge in [-0.15, -0.1) is 0 Å². The Morgan fingerprint density at radius 1 is 0.966 bits per heavy atom. The minimum atomic E-state index is -3.85. The molecule has 2 aromatic carbocycles. The van der Waals surface area contributed by atoms with E-state index in [1.807, 2.05) is 26.0 Å². The van der Waals surface area contributed by atoms with Crippen molar-refractivity contribution in [2.24, 2.45) is 11.8 Å². The first-order valence-electron chi connectivity index (χ1n) is 10.3. The molecule has 2 saturated carbocycles. The maximum Gasteiger partial charge on any atom is 0.264 e. The van der Waals surface area contributed by atoms with Crippen LogP contribution in [0, 0.1) is 25.7 Å². The van der Waals surface area contributed by atoms with Crippen molar-refractivity contribution in [2.75, 3.05) is 10.8 Å². The van der Waals surface area contributed by atoms with Gasteiger partial charge < -0.3 is 5.32 Å². The van der Waals surface area contributed by atoms with E-state index in [-0.39, 0.29) is 23.4 Å². The third-order valence-corrected chi connectivity index (χ3v) is 8.09. The number of amides is 1. The number of fused-ring (bicyclic) bond motifs is 2. The lowest BCUT2D eigenvalue weighted by atomic mass is 9.95. The van der Waals surface area contributed by atoms with Crippen molar-refractivity contribution < 1.29 is 13.2 Å². The molecule has 0 aromatic heterocycles. The molecule has 1 amide bonds. The minimum Gasteiger partial charge on any atom is -0.352 e. The van der Waals surface area contributed by atoms with Crippen LogP contribution in [0.4, 0.5) is 5.69 Å². The topological polar surface area (TPSA) is 66.5 Å². The summed E-state index contributed by atoms with van der Waals surface area (Å²) in [5.74, 6) is 1.03. The SMILES string of the molecule is Cc1ccc(N(CC(=O)N[C@H]2C[C@@H]3CC[C@H]2C3)S(=O)(=O)c2ccc(C)cc2)cc1. The van der Waals surface area contributed by atoms with Gasteiger partial charge in [0, 0.05) is 6.04 Å².